The van der Waals surface area contributed by atoms with Crippen molar-refractivity contribution in [3.05, 3.63) is 28.2 Å². The van der Waals surface area contributed by atoms with Gasteiger partial charge in [0.1, 0.15) is 0 Å². The number of rotatable bonds is 2. The van der Waals surface area contributed by atoms with Crippen molar-refractivity contribution >= 4 is 31.9 Å². The van der Waals surface area contributed by atoms with E-state index in [0.717, 1.165) is 6.07 Å². The average Bonchev–Trinajstić information content (AvgIpc) is 2.01. The highest BCUT2D eigenvalue weighted by Gasteiger charge is 2.12. The average molecular weight is 280 g/mol. The predicted octanol–water partition coefficient (Wildman–Crippen LogP) is 0.795. The molecule has 1 aromatic rings. The summed E-state index contributed by atoms with van der Waals surface area (Å²) < 4.78 is 22.2. The second-order valence-electron chi connectivity index (χ2n) is 2.53. The molecule has 0 saturated heterocycles. The molecule has 0 heterocycles. The minimum absolute atomic E-state index is 0.136. The third-order valence-corrected chi connectivity index (χ3v) is 2.80. The van der Waals surface area contributed by atoms with Gasteiger partial charge in [-0.2, -0.15) is 0 Å². The SMILES string of the molecule is NS(=O)(=O)c1cc(Br)cc(C(=O)O)c1. The Morgan fingerprint density at radius 1 is 1.36 bits per heavy atom. The number of carboxylic acid groups (broad SMARTS) is 1. The number of hydrogen-bond donors (Lipinski definition) is 2. The molecule has 0 spiro atoms. The van der Waals surface area contributed by atoms with Gasteiger partial charge in [0.2, 0.25) is 10.0 Å². The van der Waals surface area contributed by atoms with E-state index in [9.17, 15) is 13.2 Å². The number of aromatic carboxylic acids is 1. The number of sulfonamides is 1. The van der Waals surface area contributed by atoms with Gasteiger partial charge in [0.25, 0.3) is 0 Å². The molecule has 0 aromatic heterocycles. The predicted molar refractivity (Wildman–Crippen MR) is 52.5 cm³/mol. The van der Waals surface area contributed by atoms with Gasteiger partial charge in [0, 0.05) is 4.47 Å². The van der Waals surface area contributed by atoms with Crippen molar-refractivity contribution in [3.63, 3.8) is 0 Å². The fraction of sp³-hybridized carbons (Fsp3) is 0. The molecular formula is C7H6BrNO4S. The largest absolute Gasteiger partial charge is 0.478 e. The molecule has 1 aromatic carbocycles. The van der Waals surface area contributed by atoms with Gasteiger partial charge in [0.15, 0.2) is 0 Å². The summed E-state index contributed by atoms with van der Waals surface area (Å²) in [6, 6.07) is 3.53. The zero-order valence-electron chi connectivity index (χ0n) is 6.77. The lowest BCUT2D eigenvalue weighted by molar-refractivity contribution is 0.0696. The van der Waals surface area contributed by atoms with Crippen LogP contribution in [0.3, 0.4) is 0 Å². The van der Waals surface area contributed by atoms with Crippen molar-refractivity contribution in [1.29, 1.82) is 0 Å². The van der Waals surface area contributed by atoms with Crippen LogP contribution in [-0.4, -0.2) is 19.5 Å². The first kappa shape index (κ1) is 11.2. The maximum atomic E-state index is 10.9. The molecule has 0 fully saturated rings. The molecule has 76 valence electrons. The lowest BCUT2D eigenvalue weighted by Crippen LogP contribution is -2.13. The van der Waals surface area contributed by atoms with Crippen LogP contribution >= 0.6 is 15.9 Å². The summed E-state index contributed by atoms with van der Waals surface area (Å²) in [5, 5.41) is 13.5. The number of hydrogen-bond acceptors (Lipinski definition) is 3. The number of halogens is 1. The van der Waals surface area contributed by atoms with Crippen LogP contribution in [0.1, 0.15) is 10.4 Å². The van der Waals surface area contributed by atoms with Crippen LogP contribution in [0.2, 0.25) is 0 Å². The van der Waals surface area contributed by atoms with E-state index in [-0.39, 0.29) is 10.5 Å². The van der Waals surface area contributed by atoms with Crippen molar-refractivity contribution in [2.45, 2.75) is 4.90 Å². The van der Waals surface area contributed by atoms with Crippen LogP contribution in [0, 0.1) is 0 Å². The highest BCUT2D eigenvalue weighted by molar-refractivity contribution is 9.10. The van der Waals surface area contributed by atoms with Crippen LogP contribution < -0.4 is 5.14 Å². The first-order chi connectivity index (χ1) is 6.30. The van der Waals surface area contributed by atoms with E-state index in [2.05, 4.69) is 15.9 Å². The number of benzene rings is 1. The lowest BCUT2D eigenvalue weighted by Gasteiger charge is -2.01. The quantitative estimate of drug-likeness (QED) is 0.837. The van der Waals surface area contributed by atoms with E-state index in [0.29, 0.717) is 4.47 Å². The van der Waals surface area contributed by atoms with E-state index in [1.807, 2.05) is 0 Å². The van der Waals surface area contributed by atoms with Gasteiger partial charge in [-0.15, -0.1) is 0 Å². The van der Waals surface area contributed by atoms with Gasteiger partial charge < -0.3 is 5.11 Å². The Kier molecular flexibility index (Phi) is 2.93. The second-order valence-corrected chi connectivity index (χ2v) is 5.00. The maximum absolute atomic E-state index is 10.9. The first-order valence-electron chi connectivity index (χ1n) is 3.37. The van der Waals surface area contributed by atoms with Crippen LogP contribution in [0.15, 0.2) is 27.6 Å². The van der Waals surface area contributed by atoms with E-state index < -0.39 is 16.0 Å². The van der Waals surface area contributed by atoms with Crippen LogP contribution in [-0.2, 0) is 10.0 Å². The third kappa shape index (κ3) is 2.53. The Hall–Kier alpha value is -0.920. The summed E-state index contributed by atoms with van der Waals surface area (Å²) in [7, 11) is -3.87. The molecule has 0 bridgehead atoms. The molecule has 3 N–H and O–H groups in total. The third-order valence-electron chi connectivity index (χ3n) is 1.45. The molecule has 0 radical (unpaired) electrons. The molecular weight excluding hydrogens is 274 g/mol. The van der Waals surface area contributed by atoms with Crippen molar-refractivity contribution < 1.29 is 18.3 Å². The van der Waals surface area contributed by atoms with E-state index in [1.165, 1.54) is 12.1 Å². The summed E-state index contributed by atoms with van der Waals surface area (Å²) >= 11 is 2.99. The van der Waals surface area contributed by atoms with Crippen molar-refractivity contribution in [3.8, 4) is 0 Å². The normalized spacial score (nSPS) is 11.3. The van der Waals surface area contributed by atoms with Crippen LogP contribution in [0.5, 0.6) is 0 Å². The molecule has 1 rings (SSSR count). The van der Waals surface area contributed by atoms with E-state index in [4.69, 9.17) is 10.2 Å². The second kappa shape index (κ2) is 3.68. The van der Waals surface area contributed by atoms with Gasteiger partial charge in [0.05, 0.1) is 10.5 Å². The smallest absolute Gasteiger partial charge is 0.335 e. The minimum Gasteiger partial charge on any atom is -0.478 e. The van der Waals surface area contributed by atoms with Crippen molar-refractivity contribution in [1.82, 2.24) is 0 Å². The standard InChI is InChI=1S/C7H6BrNO4S/c8-5-1-4(7(10)11)2-6(3-5)14(9,12)13/h1-3H,(H,10,11)(H2,9,12,13). The van der Waals surface area contributed by atoms with Gasteiger partial charge in [-0.1, -0.05) is 15.9 Å². The maximum Gasteiger partial charge on any atom is 0.335 e. The van der Waals surface area contributed by atoms with Crippen LogP contribution in [0.25, 0.3) is 0 Å². The summed E-state index contributed by atoms with van der Waals surface area (Å²) in [5.41, 5.74) is -0.136. The van der Waals surface area contributed by atoms with Gasteiger partial charge in [-0.05, 0) is 18.2 Å². The minimum atomic E-state index is -3.87. The Labute approximate surface area is 88.7 Å². The summed E-state index contributed by atoms with van der Waals surface area (Å²) in [6.45, 7) is 0. The molecule has 0 aliphatic rings. The molecule has 5 nitrogen and oxygen atoms in total. The summed E-state index contributed by atoms with van der Waals surface area (Å²) in [5.74, 6) is -1.21. The van der Waals surface area contributed by atoms with Gasteiger partial charge in [-0.3, -0.25) is 0 Å². The van der Waals surface area contributed by atoms with Gasteiger partial charge >= 0.3 is 5.97 Å². The highest BCUT2D eigenvalue weighted by atomic mass is 79.9. The Balaban J connectivity index is 3.43. The molecule has 0 atom stereocenters. The topological polar surface area (TPSA) is 97.5 Å². The highest BCUT2D eigenvalue weighted by Crippen LogP contribution is 2.18. The number of primary sulfonamides is 1. The molecule has 0 aliphatic carbocycles. The number of nitrogens with two attached hydrogens (primary N) is 1. The van der Waals surface area contributed by atoms with E-state index >= 15 is 0 Å². The Morgan fingerprint density at radius 2 is 1.93 bits per heavy atom. The first-order valence-corrected chi connectivity index (χ1v) is 5.71. The number of carbonyl (C=O) groups is 1. The summed E-state index contributed by atoms with van der Waals surface area (Å²) in [6.07, 6.45) is 0. The number of carboxylic acids is 1. The fourth-order valence-corrected chi connectivity index (χ4v) is 2.08. The molecule has 0 amide bonds. The zero-order chi connectivity index (χ0) is 10.9. The zero-order valence-corrected chi connectivity index (χ0v) is 9.17. The van der Waals surface area contributed by atoms with Crippen molar-refractivity contribution in [2.24, 2.45) is 5.14 Å². The monoisotopic (exact) mass is 279 g/mol. The lowest BCUT2D eigenvalue weighted by atomic mass is 10.2. The fourth-order valence-electron chi connectivity index (χ4n) is 0.850. The van der Waals surface area contributed by atoms with E-state index in [1.54, 1.807) is 0 Å². The molecule has 7 heteroatoms. The molecule has 0 saturated carbocycles. The molecule has 14 heavy (non-hydrogen) atoms. The van der Waals surface area contributed by atoms with Gasteiger partial charge in [-0.25, -0.2) is 18.4 Å². The Morgan fingerprint density at radius 3 is 2.36 bits per heavy atom. The van der Waals surface area contributed by atoms with Crippen molar-refractivity contribution in [2.75, 3.05) is 0 Å². The molecule has 0 unspecified atom stereocenters. The van der Waals surface area contributed by atoms with Crippen LogP contribution in [0.4, 0.5) is 0 Å². The Bertz CT molecular complexity index is 482. The summed E-state index contributed by atoms with van der Waals surface area (Å²) in [4.78, 5) is 10.3. The molecule has 0 aliphatic heterocycles.